The Hall–Kier alpha value is -0.310. The zero-order valence-corrected chi connectivity index (χ0v) is 8.01. The summed E-state index contributed by atoms with van der Waals surface area (Å²) in [6, 6.07) is 0. The summed E-state index contributed by atoms with van der Waals surface area (Å²) in [5.74, 6) is 0.205. The van der Waals surface area contributed by atoms with E-state index < -0.39 is 0 Å². The minimum Gasteiger partial charge on any atom is -0.338 e. The molecule has 0 aromatic carbocycles. The number of carbonyl (C=O) groups is 1. The van der Waals surface area contributed by atoms with Crippen molar-refractivity contribution in [3.05, 3.63) is 12.7 Å². The molecule has 0 N–H and O–H groups in total. The van der Waals surface area contributed by atoms with Gasteiger partial charge in [-0.1, -0.05) is 22.0 Å². The van der Waals surface area contributed by atoms with E-state index >= 15 is 0 Å². The Kier molecular flexibility index (Phi) is 3.12. The number of halogens is 1. The molecule has 3 heteroatoms. The van der Waals surface area contributed by atoms with Gasteiger partial charge in [0.1, 0.15) is 0 Å². The van der Waals surface area contributed by atoms with Gasteiger partial charge in [-0.25, -0.2) is 0 Å². The largest absolute Gasteiger partial charge is 0.338 e. The van der Waals surface area contributed by atoms with Gasteiger partial charge < -0.3 is 4.90 Å². The van der Waals surface area contributed by atoms with Crippen LogP contribution >= 0.6 is 15.9 Å². The molecule has 0 saturated carbocycles. The van der Waals surface area contributed by atoms with E-state index in [0.717, 1.165) is 19.4 Å². The molecule has 1 saturated heterocycles. The summed E-state index contributed by atoms with van der Waals surface area (Å²) in [6.07, 6.45) is 3.82. The first-order valence-electron chi connectivity index (χ1n) is 3.79. The lowest BCUT2D eigenvalue weighted by Crippen LogP contribution is -2.41. The Morgan fingerprint density at radius 3 is 3.18 bits per heavy atom. The van der Waals surface area contributed by atoms with E-state index in [2.05, 4.69) is 22.5 Å². The maximum Gasteiger partial charge on any atom is 0.236 e. The number of amides is 1. The first-order valence-corrected chi connectivity index (χ1v) is 4.71. The second-order valence-electron chi connectivity index (χ2n) is 2.68. The van der Waals surface area contributed by atoms with E-state index in [1.165, 1.54) is 0 Å². The second kappa shape index (κ2) is 3.90. The average Bonchev–Trinajstić information content (AvgIpc) is 1.99. The van der Waals surface area contributed by atoms with Gasteiger partial charge in [-0.2, -0.15) is 0 Å². The number of rotatable bonds is 2. The summed E-state index contributed by atoms with van der Waals surface area (Å²) < 4.78 is 0. The lowest BCUT2D eigenvalue weighted by Gasteiger charge is -2.28. The summed E-state index contributed by atoms with van der Waals surface area (Å²) in [6.45, 7) is 5.17. The molecule has 0 spiro atoms. The monoisotopic (exact) mass is 217 g/mol. The molecule has 1 amide bonds. The quantitative estimate of drug-likeness (QED) is 0.508. The van der Waals surface area contributed by atoms with E-state index in [1.54, 1.807) is 6.08 Å². The van der Waals surface area contributed by atoms with Gasteiger partial charge in [-0.3, -0.25) is 4.79 Å². The molecule has 1 aliphatic heterocycles. The van der Waals surface area contributed by atoms with Crippen molar-refractivity contribution >= 4 is 21.8 Å². The smallest absolute Gasteiger partial charge is 0.236 e. The standard InChI is InChI=1S/C8H12BrNO/c1-2-5-10-6-3-4-7(9)8(10)11/h2,7H,1,3-6H2. The maximum absolute atomic E-state index is 11.3. The van der Waals surface area contributed by atoms with Gasteiger partial charge in [0.25, 0.3) is 0 Å². The predicted molar refractivity (Wildman–Crippen MR) is 48.7 cm³/mol. The fourth-order valence-corrected chi connectivity index (χ4v) is 1.84. The number of carbonyl (C=O) groups excluding carboxylic acids is 1. The third-order valence-electron chi connectivity index (χ3n) is 1.81. The molecule has 11 heavy (non-hydrogen) atoms. The molecule has 1 aliphatic rings. The van der Waals surface area contributed by atoms with E-state index in [0.29, 0.717) is 6.54 Å². The fraction of sp³-hybridized carbons (Fsp3) is 0.625. The number of likely N-dealkylation sites (tertiary alicyclic amines) is 1. The first kappa shape index (κ1) is 8.78. The summed E-state index contributed by atoms with van der Waals surface area (Å²) in [7, 11) is 0. The van der Waals surface area contributed by atoms with Crippen molar-refractivity contribution in [1.82, 2.24) is 4.90 Å². The van der Waals surface area contributed by atoms with Crippen molar-refractivity contribution in [3.8, 4) is 0 Å². The first-order chi connectivity index (χ1) is 5.25. The van der Waals surface area contributed by atoms with E-state index in [9.17, 15) is 4.79 Å². The highest BCUT2D eigenvalue weighted by atomic mass is 79.9. The molecule has 0 aliphatic carbocycles. The minimum atomic E-state index is 0.0381. The minimum absolute atomic E-state index is 0.0381. The predicted octanol–water partition coefficient (Wildman–Crippen LogP) is 1.56. The lowest BCUT2D eigenvalue weighted by atomic mass is 10.1. The van der Waals surface area contributed by atoms with Crippen molar-refractivity contribution in [2.75, 3.05) is 13.1 Å². The number of piperidine rings is 1. The van der Waals surface area contributed by atoms with E-state index in [4.69, 9.17) is 0 Å². The lowest BCUT2D eigenvalue weighted by molar-refractivity contribution is -0.131. The molecular formula is C8H12BrNO. The number of hydrogen-bond donors (Lipinski definition) is 0. The van der Waals surface area contributed by atoms with Crippen molar-refractivity contribution in [2.24, 2.45) is 0 Å². The van der Waals surface area contributed by atoms with Gasteiger partial charge in [0.2, 0.25) is 5.91 Å². The molecule has 1 unspecified atom stereocenters. The topological polar surface area (TPSA) is 20.3 Å². The van der Waals surface area contributed by atoms with Crippen LogP contribution in [0.25, 0.3) is 0 Å². The van der Waals surface area contributed by atoms with Gasteiger partial charge >= 0.3 is 0 Å². The summed E-state index contributed by atoms with van der Waals surface area (Å²) in [5, 5.41) is 0. The molecule has 0 aromatic rings. The van der Waals surface area contributed by atoms with Crippen LogP contribution in [0.1, 0.15) is 12.8 Å². The van der Waals surface area contributed by atoms with Crippen LogP contribution in [-0.2, 0) is 4.79 Å². The Morgan fingerprint density at radius 2 is 2.55 bits per heavy atom. The number of alkyl halides is 1. The summed E-state index contributed by atoms with van der Waals surface area (Å²) >= 11 is 3.34. The molecule has 1 heterocycles. The summed E-state index contributed by atoms with van der Waals surface area (Å²) in [4.78, 5) is 13.2. The second-order valence-corrected chi connectivity index (χ2v) is 3.79. The third-order valence-corrected chi connectivity index (χ3v) is 2.66. The Morgan fingerprint density at radius 1 is 1.82 bits per heavy atom. The van der Waals surface area contributed by atoms with E-state index in [1.807, 2.05) is 4.90 Å². The van der Waals surface area contributed by atoms with Crippen LogP contribution in [0.15, 0.2) is 12.7 Å². The molecule has 2 nitrogen and oxygen atoms in total. The highest BCUT2D eigenvalue weighted by Gasteiger charge is 2.24. The van der Waals surface area contributed by atoms with Crippen molar-refractivity contribution in [1.29, 1.82) is 0 Å². The van der Waals surface area contributed by atoms with Crippen molar-refractivity contribution < 1.29 is 4.79 Å². The Labute approximate surface area is 75.4 Å². The highest BCUT2D eigenvalue weighted by Crippen LogP contribution is 2.17. The number of hydrogen-bond acceptors (Lipinski definition) is 1. The maximum atomic E-state index is 11.3. The zero-order valence-electron chi connectivity index (χ0n) is 6.42. The SMILES string of the molecule is C=CCN1CCCC(Br)C1=O. The molecular weight excluding hydrogens is 206 g/mol. The van der Waals surface area contributed by atoms with Gasteiger partial charge in [0, 0.05) is 13.1 Å². The average molecular weight is 218 g/mol. The summed E-state index contributed by atoms with van der Waals surface area (Å²) in [5.41, 5.74) is 0. The Balaban J connectivity index is 2.51. The van der Waals surface area contributed by atoms with Crippen LogP contribution in [0.2, 0.25) is 0 Å². The van der Waals surface area contributed by atoms with Crippen molar-refractivity contribution in [2.45, 2.75) is 17.7 Å². The molecule has 1 atom stereocenters. The van der Waals surface area contributed by atoms with Crippen LogP contribution in [0.4, 0.5) is 0 Å². The third kappa shape index (κ3) is 2.06. The molecule has 0 aromatic heterocycles. The van der Waals surface area contributed by atoms with Crippen LogP contribution in [0.5, 0.6) is 0 Å². The number of nitrogens with zero attached hydrogens (tertiary/aromatic N) is 1. The van der Waals surface area contributed by atoms with Crippen LogP contribution in [0.3, 0.4) is 0 Å². The molecule has 1 rings (SSSR count). The van der Waals surface area contributed by atoms with Crippen LogP contribution < -0.4 is 0 Å². The molecule has 62 valence electrons. The highest BCUT2D eigenvalue weighted by molar-refractivity contribution is 9.10. The molecule has 0 radical (unpaired) electrons. The fourth-order valence-electron chi connectivity index (χ4n) is 1.23. The Bertz CT molecular complexity index is 169. The molecule has 1 fully saturated rings. The van der Waals surface area contributed by atoms with Crippen LogP contribution in [-0.4, -0.2) is 28.7 Å². The zero-order chi connectivity index (χ0) is 8.27. The van der Waals surface area contributed by atoms with Crippen molar-refractivity contribution in [3.63, 3.8) is 0 Å². The van der Waals surface area contributed by atoms with Gasteiger partial charge in [0.05, 0.1) is 4.83 Å². The van der Waals surface area contributed by atoms with E-state index in [-0.39, 0.29) is 10.7 Å². The van der Waals surface area contributed by atoms with Gasteiger partial charge in [0.15, 0.2) is 0 Å². The van der Waals surface area contributed by atoms with Gasteiger partial charge in [-0.15, -0.1) is 6.58 Å². The molecule has 0 bridgehead atoms. The van der Waals surface area contributed by atoms with Gasteiger partial charge in [-0.05, 0) is 12.8 Å². The normalized spacial score (nSPS) is 25.4. The van der Waals surface area contributed by atoms with Crippen LogP contribution in [0, 0.1) is 0 Å².